The number of benzene rings is 1. The number of nitrogens with zero attached hydrogens (tertiary/aromatic N) is 1. The predicted octanol–water partition coefficient (Wildman–Crippen LogP) is 3.97. The number of rotatable bonds is 6. The molecular formula is C19H27BrN2O. The van der Waals surface area contributed by atoms with Crippen molar-refractivity contribution < 1.29 is 4.79 Å². The number of hydrogen-bond acceptors (Lipinski definition) is 2. The van der Waals surface area contributed by atoms with E-state index in [9.17, 15) is 4.79 Å². The standard InChI is InChI=1S/C19H27BrN2O/c1-14(16-5-3-9-21-12-16)10-19(23)22(18-7-8-18)13-15-4-2-6-17(20)11-15/h2,4,6,11,14,16,18,21H,3,5,7-10,12-13H2,1H3. The Morgan fingerprint density at radius 3 is 2.87 bits per heavy atom. The molecule has 0 spiro atoms. The van der Waals surface area contributed by atoms with Gasteiger partial charge in [0.2, 0.25) is 5.91 Å². The Balaban J connectivity index is 1.60. The minimum absolute atomic E-state index is 0.338. The van der Waals surface area contributed by atoms with Crippen LogP contribution in [0.25, 0.3) is 0 Å². The van der Waals surface area contributed by atoms with E-state index in [1.54, 1.807) is 0 Å². The van der Waals surface area contributed by atoms with Crippen molar-refractivity contribution in [2.45, 2.75) is 51.6 Å². The second-order valence-corrected chi connectivity index (χ2v) is 8.09. The minimum Gasteiger partial charge on any atom is -0.335 e. The molecule has 1 aromatic carbocycles. The van der Waals surface area contributed by atoms with Gasteiger partial charge in [-0.2, -0.15) is 0 Å². The third kappa shape index (κ3) is 4.80. The molecule has 23 heavy (non-hydrogen) atoms. The fourth-order valence-electron chi connectivity index (χ4n) is 3.56. The number of carbonyl (C=O) groups is 1. The molecule has 0 aromatic heterocycles. The molecule has 1 saturated heterocycles. The number of hydrogen-bond donors (Lipinski definition) is 1. The molecule has 1 heterocycles. The van der Waals surface area contributed by atoms with Crippen molar-refractivity contribution in [1.29, 1.82) is 0 Å². The van der Waals surface area contributed by atoms with Crippen molar-refractivity contribution in [3.05, 3.63) is 34.3 Å². The molecule has 2 fully saturated rings. The van der Waals surface area contributed by atoms with Crippen molar-refractivity contribution in [2.75, 3.05) is 13.1 Å². The molecule has 2 aliphatic rings. The van der Waals surface area contributed by atoms with E-state index in [1.807, 2.05) is 12.1 Å². The highest BCUT2D eigenvalue weighted by Gasteiger charge is 2.34. The SMILES string of the molecule is CC(CC(=O)N(Cc1cccc(Br)c1)C1CC1)C1CCCNC1. The summed E-state index contributed by atoms with van der Waals surface area (Å²) in [4.78, 5) is 15.0. The van der Waals surface area contributed by atoms with Crippen LogP contribution in [0.15, 0.2) is 28.7 Å². The Kier molecular flexibility index (Phi) is 5.76. The van der Waals surface area contributed by atoms with E-state index in [-0.39, 0.29) is 0 Å². The van der Waals surface area contributed by atoms with Gasteiger partial charge in [-0.15, -0.1) is 0 Å². The summed E-state index contributed by atoms with van der Waals surface area (Å²) in [6.45, 7) is 5.20. The van der Waals surface area contributed by atoms with Gasteiger partial charge in [0.25, 0.3) is 0 Å². The summed E-state index contributed by atoms with van der Waals surface area (Å²) in [6.07, 6.45) is 5.53. The van der Waals surface area contributed by atoms with Crippen LogP contribution in [0.3, 0.4) is 0 Å². The van der Waals surface area contributed by atoms with Crippen molar-refractivity contribution in [2.24, 2.45) is 11.8 Å². The Hall–Kier alpha value is -0.870. The maximum Gasteiger partial charge on any atom is 0.223 e. The second-order valence-electron chi connectivity index (χ2n) is 7.17. The summed E-state index contributed by atoms with van der Waals surface area (Å²) >= 11 is 3.52. The highest BCUT2D eigenvalue weighted by molar-refractivity contribution is 9.10. The average molecular weight is 379 g/mol. The molecule has 0 radical (unpaired) electrons. The molecule has 1 amide bonds. The first kappa shape index (κ1) is 17.0. The molecule has 3 nitrogen and oxygen atoms in total. The smallest absolute Gasteiger partial charge is 0.223 e. The number of nitrogens with one attached hydrogen (secondary N) is 1. The molecule has 3 rings (SSSR count). The maximum absolute atomic E-state index is 12.9. The molecule has 1 saturated carbocycles. The van der Waals surface area contributed by atoms with Gasteiger partial charge in [0.05, 0.1) is 0 Å². The third-order valence-electron chi connectivity index (χ3n) is 5.19. The van der Waals surface area contributed by atoms with E-state index in [1.165, 1.54) is 31.2 Å². The van der Waals surface area contributed by atoms with Crippen molar-refractivity contribution >= 4 is 21.8 Å². The summed E-state index contributed by atoms with van der Waals surface area (Å²) in [5.74, 6) is 1.46. The van der Waals surface area contributed by atoms with Crippen LogP contribution >= 0.6 is 15.9 Å². The van der Waals surface area contributed by atoms with Gasteiger partial charge >= 0.3 is 0 Å². The van der Waals surface area contributed by atoms with Crippen molar-refractivity contribution in [3.8, 4) is 0 Å². The molecule has 1 aliphatic carbocycles. The number of halogens is 1. The van der Waals surface area contributed by atoms with Crippen LogP contribution in [0.5, 0.6) is 0 Å². The van der Waals surface area contributed by atoms with Crippen LogP contribution in [0, 0.1) is 11.8 Å². The lowest BCUT2D eigenvalue weighted by Gasteiger charge is -2.30. The monoisotopic (exact) mass is 378 g/mol. The van der Waals surface area contributed by atoms with Gasteiger partial charge in [0, 0.05) is 23.5 Å². The lowest BCUT2D eigenvalue weighted by atomic mass is 9.85. The Labute approximate surface area is 148 Å². The summed E-state index contributed by atoms with van der Waals surface area (Å²) in [5.41, 5.74) is 1.21. The van der Waals surface area contributed by atoms with Gasteiger partial charge in [-0.3, -0.25) is 4.79 Å². The molecule has 126 valence electrons. The number of piperidine rings is 1. The van der Waals surface area contributed by atoms with Gasteiger partial charge < -0.3 is 10.2 Å². The van der Waals surface area contributed by atoms with Crippen LogP contribution in [0.2, 0.25) is 0 Å². The number of amides is 1. The van der Waals surface area contributed by atoms with E-state index in [4.69, 9.17) is 0 Å². The summed E-state index contributed by atoms with van der Waals surface area (Å²) in [6, 6.07) is 8.79. The van der Waals surface area contributed by atoms with Crippen molar-refractivity contribution in [1.82, 2.24) is 10.2 Å². The predicted molar refractivity (Wildman–Crippen MR) is 97.1 cm³/mol. The summed E-state index contributed by atoms with van der Waals surface area (Å²) < 4.78 is 1.08. The Morgan fingerprint density at radius 2 is 2.22 bits per heavy atom. The average Bonchev–Trinajstić information content (AvgIpc) is 3.38. The Morgan fingerprint density at radius 1 is 1.39 bits per heavy atom. The van der Waals surface area contributed by atoms with E-state index < -0.39 is 0 Å². The minimum atomic E-state index is 0.338. The van der Waals surface area contributed by atoms with Crippen LogP contribution in [-0.4, -0.2) is 29.9 Å². The lowest BCUT2D eigenvalue weighted by molar-refractivity contribution is -0.133. The fraction of sp³-hybridized carbons (Fsp3) is 0.632. The first-order valence-electron chi connectivity index (χ1n) is 8.88. The highest BCUT2D eigenvalue weighted by Crippen LogP contribution is 2.31. The molecule has 4 heteroatoms. The zero-order chi connectivity index (χ0) is 16.2. The fourth-order valence-corrected chi connectivity index (χ4v) is 4.01. The second kappa shape index (κ2) is 7.80. The first-order chi connectivity index (χ1) is 11.1. The van der Waals surface area contributed by atoms with Crippen LogP contribution in [-0.2, 0) is 11.3 Å². The normalized spacial score (nSPS) is 22.6. The zero-order valence-corrected chi connectivity index (χ0v) is 15.5. The van der Waals surface area contributed by atoms with Gasteiger partial charge in [-0.1, -0.05) is 35.0 Å². The van der Waals surface area contributed by atoms with Crippen LogP contribution in [0.4, 0.5) is 0 Å². The topological polar surface area (TPSA) is 32.3 Å². The van der Waals surface area contributed by atoms with Crippen LogP contribution in [0.1, 0.15) is 44.6 Å². The molecule has 1 aliphatic heterocycles. The van der Waals surface area contributed by atoms with E-state index >= 15 is 0 Å². The largest absolute Gasteiger partial charge is 0.335 e. The quantitative estimate of drug-likeness (QED) is 0.811. The third-order valence-corrected chi connectivity index (χ3v) is 5.68. The van der Waals surface area contributed by atoms with Crippen LogP contribution < -0.4 is 5.32 Å². The number of carbonyl (C=O) groups excluding carboxylic acids is 1. The molecule has 1 aromatic rings. The molecule has 1 N–H and O–H groups in total. The van der Waals surface area contributed by atoms with E-state index in [2.05, 4.69) is 45.2 Å². The lowest BCUT2D eigenvalue weighted by Crippen LogP contribution is -2.37. The molecule has 2 atom stereocenters. The maximum atomic E-state index is 12.9. The van der Waals surface area contributed by atoms with E-state index in [0.717, 1.165) is 24.1 Å². The summed E-state index contributed by atoms with van der Waals surface area (Å²) in [7, 11) is 0. The summed E-state index contributed by atoms with van der Waals surface area (Å²) in [5, 5.41) is 3.47. The molecule has 2 unspecified atom stereocenters. The van der Waals surface area contributed by atoms with Gasteiger partial charge in [0.1, 0.15) is 0 Å². The molecular weight excluding hydrogens is 352 g/mol. The zero-order valence-electron chi connectivity index (χ0n) is 13.9. The van der Waals surface area contributed by atoms with Crippen molar-refractivity contribution in [3.63, 3.8) is 0 Å². The Bertz CT molecular complexity index is 538. The van der Waals surface area contributed by atoms with Gasteiger partial charge in [-0.05, 0) is 68.3 Å². The van der Waals surface area contributed by atoms with Gasteiger partial charge in [-0.25, -0.2) is 0 Å². The highest BCUT2D eigenvalue weighted by atomic mass is 79.9. The van der Waals surface area contributed by atoms with Gasteiger partial charge in [0.15, 0.2) is 0 Å². The molecule has 0 bridgehead atoms. The van der Waals surface area contributed by atoms with E-state index in [0.29, 0.717) is 30.2 Å². The first-order valence-corrected chi connectivity index (χ1v) is 9.67.